The topological polar surface area (TPSA) is 122 Å². The summed E-state index contributed by atoms with van der Waals surface area (Å²) in [4.78, 5) is 0. The molecule has 7 aromatic rings. The van der Waals surface area contributed by atoms with Gasteiger partial charge in [0.15, 0.2) is 0 Å². The van der Waals surface area contributed by atoms with Gasteiger partial charge < -0.3 is 59.2 Å². The number of ether oxygens (including phenoxy) is 8. The molecule has 0 amide bonds. The summed E-state index contributed by atoms with van der Waals surface area (Å²) in [6.45, 7) is 11.6. The third-order valence-electron chi connectivity index (χ3n) is 15.9. The van der Waals surface area contributed by atoms with E-state index in [1.807, 2.05) is 48.5 Å². The van der Waals surface area contributed by atoms with Gasteiger partial charge in [0, 0.05) is 58.4 Å². The van der Waals surface area contributed by atoms with E-state index in [0.717, 1.165) is 113 Å². The summed E-state index contributed by atoms with van der Waals surface area (Å²) in [5.41, 5.74) is 9.98. The predicted octanol–water partition coefficient (Wildman–Crippen LogP) is 16.4. The van der Waals surface area contributed by atoms with E-state index in [2.05, 4.69) is 155 Å². The fourth-order valence-corrected chi connectivity index (χ4v) is 10.6. The van der Waals surface area contributed by atoms with Crippen molar-refractivity contribution >= 4 is 0 Å². The maximum absolute atomic E-state index is 6.07. The van der Waals surface area contributed by atoms with Crippen LogP contribution in [-0.2, 0) is 61.8 Å². The molecule has 14 bridgehead atoms. The molecule has 0 saturated carbocycles. The van der Waals surface area contributed by atoms with Gasteiger partial charge in [-0.05, 0) is 144 Å². The van der Waals surface area contributed by atoms with Crippen LogP contribution in [0.5, 0.6) is 34.5 Å². The zero-order valence-electron chi connectivity index (χ0n) is 53.6. The van der Waals surface area contributed by atoms with Crippen LogP contribution in [0.3, 0.4) is 0 Å². The first-order chi connectivity index (χ1) is 44.6. The van der Waals surface area contributed by atoms with Crippen molar-refractivity contribution in [3.63, 3.8) is 0 Å². The standard InChI is InChI=1S/C78H102N4O8/c1-2-4-6-8-10-12-14-16-18-47-86-74-40-32-70(33-41-74)62-80-58-66-24-28-68(29-25-66)60-82-64-72-36-44-76(45-37-72)88-53-49-84-51-55-90-78-21-19-20-77(56-78)89-54-50-83-48-52-87-75-42-34-71(35-43-75)63-81-59-67-26-22-65(23-27-67)57-79-61-69-30-38-73(39-31-69)85-46-17-15-13-11-9-7-5-3-1/h1-2,19-45,56,79-82H,3-18,46-55,57-64H2. The highest BCUT2D eigenvalue weighted by atomic mass is 16.6. The van der Waals surface area contributed by atoms with Crippen molar-refractivity contribution in [2.75, 3.05) is 66.1 Å². The van der Waals surface area contributed by atoms with Crippen molar-refractivity contribution in [1.82, 2.24) is 21.3 Å². The molecule has 0 aromatic heterocycles. The smallest absolute Gasteiger partial charge is 0.123 e. The lowest BCUT2D eigenvalue weighted by Gasteiger charge is -2.11. The summed E-state index contributed by atoms with van der Waals surface area (Å²) in [5, 5.41) is 14.3. The van der Waals surface area contributed by atoms with Gasteiger partial charge in [-0.3, -0.25) is 0 Å². The molecule has 0 spiro atoms. The third-order valence-corrected chi connectivity index (χ3v) is 15.9. The molecule has 0 radical (unpaired) electrons. The molecule has 14 rings (SSSR count). The Balaban J connectivity index is 0.686. The van der Waals surface area contributed by atoms with Gasteiger partial charge in [0.25, 0.3) is 0 Å². The van der Waals surface area contributed by atoms with E-state index in [-0.39, 0.29) is 0 Å². The van der Waals surface area contributed by atoms with Gasteiger partial charge in [-0.2, -0.15) is 0 Å². The van der Waals surface area contributed by atoms with Crippen LogP contribution in [0.4, 0.5) is 0 Å². The van der Waals surface area contributed by atoms with Gasteiger partial charge in [0.1, 0.15) is 60.9 Å². The first-order valence-electron chi connectivity index (χ1n) is 33.7. The molecule has 7 aliphatic rings. The molecule has 12 nitrogen and oxygen atoms in total. The third kappa shape index (κ3) is 29.6. The molecule has 4 N–H and O–H groups in total. The zero-order valence-corrected chi connectivity index (χ0v) is 53.6. The van der Waals surface area contributed by atoms with E-state index in [1.54, 1.807) is 0 Å². The Bertz CT molecular complexity index is 2760. The minimum atomic E-state index is 0.419. The number of allylic oxidation sites excluding steroid dienone is 2. The lowest BCUT2D eigenvalue weighted by molar-refractivity contribution is 0.0747. The highest BCUT2D eigenvalue weighted by molar-refractivity contribution is 5.34. The van der Waals surface area contributed by atoms with Gasteiger partial charge in [0.05, 0.1) is 39.6 Å². The second kappa shape index (κ2) is 43.5. The Labute approximate surface area is 538 Å². The Morgan fingerprint density at radius 2 is 0.422 bits per heavy atom. The first kappa shape index (κ1) is 68.7. The van der Waals surface area contributed by atoms with E-state index >= 15 is 0 Å². The Morgan fingerprint density at radius 3 is 0.700 bits per heavy atom. The second-order valence-electron chi connectivity index (χ2n) is 23.4. The Morgan fingerprint density at radius 1 is 0.200 bits per heavy atom. The van der Waals surface area contributed by atoms with Gasteiger partial charge in [-0.15, -0.1) is 0 Å². The van der Waals surface area contributed by atoms with Gasteiger partial charge in [-0.25, -0.2) is 0 Å². The highest BCUT2D eigenvalue weighted by Gasteiger charge is 2.06. The van der Waals surface area contributed by atoms with E-state index in [0.29, 0.717) is 52.9 Å². The summed E-state index contributed by atoms with van der Waals surface area (Å²) in [5.74, 6) is 5.00. The summed E-state index contributed by atoms with van der Waals surface area (Å²) >= 11 is 0. The van der Waals surface area contributed by atoms with Crippen molar-refractivity contribution < 1.29 is 37.9 Å². The summed E-state index contributed by atoms with van der Waals surface area (Å²) < 4.78 is 47.4. The summed E-state index contributed by atoms with van der Waals surface area (Å²) in [7, 11) is 0. The van der Waals surface area contributed by atoms with Crippen molar-refractivity contribution in [3.8, 4) is 34.5 Å². The maximum Gasteiger partial charge on any atom is 0.123 e. The SMILES string of the molecule is C1=CCCCCCCCCCOc2ccc(cc2)CNCc2ccc(cc2)CNCc2ccc(cc2)OCCOCCOc2cccc(c2)OCCOCCOc2ccc(cc2)CNCc2ccc(cc2)CNCc2ccc(cc2)OCCCCCCCCC1. The lowest BCUT2D eigenvalue weighted by Crippen LogP contribution is -2.14. The Kier molecular flexibility index (Phi) is 33.3. The molecular weight excluding hydrogens is 1120 g/mol. The zero-order chi connectivity index (χ0) is 61.8. The monoisotopic (exact) mass is 1220 g/mol. The Hall–Kier alpha value is -7.16. The molecule has 12 heteroatoms. The number of fused-ring (bicyclic) bond motifs is 6. The highest BCUT2D eigenvalue weighted by Crippen LogP contribution is 2.21. The van der Waals surface area contributed by atoms with Crippen LogP contribution in [0.2, 0.25) is 0 Å². The van der Waals surface area contributed by atoms with E-state index < -0.39 is 0 Å². The fraction of sp³-hybridized carbons (Fsp3) is 0.436. The van der Waals surface area contributed by atoms with Crippen LogP contribution in [0.15, 0.2) is 182 Å². The van der Waals surface area contributed by atoms with E-state index in [9.17, 15) is 0 Å². The van der Waals surface area contributed by atoms with E-state index in [4.69, 9.17) is 37.9 Å². The van der Waals surface area contributed by atoms with Crippen LogP contribution in [0, 0.1) is 0 Å². The predicted molar refractivity (Wildman–Crippen MR) is 365 cm³/mol. The molecule has 482 valence electrons. The second-order valence-corrected chi connectivity index (χ2v) is 23.4. The summed E-state index contributed by atoms with van der Waals surface area (Å²) in [6, 6.07) is 58.8. The summed E-state index contributed by atoms with van der Waals surface area (Å²) in [6.07, 6.45) is 25.2. The molecule has 7 aromatic carbocycles. The normalized spacial score (nSPS) is 17.4. The average Bonchev–Trinajstić information content (AvgIpc) is 3.78. The molecule has 0 fully saturated rings. The van der Waals surface area contributed by atoms with Gasteiger partial charge in [0.2, 0.25) is 0 Å². The minimum Gasteiger partial charge on any atom is -0.494 e. The number of hydrogen-bond donors (Lipinski definition) is 4. The van der Waals surface area contributed by atoms with Crippen LogP contribution in [-0.4, -0.2) is 66.1 Å². The number of rotatable bonds is 0. The van der Waals surface area contributed by atoms with Crippen LogP contribution < -0.4 is 49.7 Å². The van der Waals surface area contributed by atoms with Crippen LogP contribution >= 0.6 is 0 Å². The minimum absolute atomic E-state index is 0.419. The van der Waals surface area contributed by atoms with Gasteiger partial charge in [-0.1, -0.05) is 179 Å². The molecule has 0 atom stereocenters. The maximum atomic E-state index is 6.07. The van der Waals surface area contributed by atoms with Crippen molar-refractivity contribution in [1.29, 1.82) is 0 Å². The van der Waals surface area contributed by atoms with Crippen molar-refractivity contribution in [2.24, 2.45) is 0 Å². The fourth-order valence-electron chi connectivity index (χ4n) is 10.6. The molecule has 0 saturated heterocycles. The quantitative estimate of drug-likeness (QED) is 0.108. The number of benzene rings is 7. The lowest BCUT2D eigenvalue weighted by atomic mass is 10.1. The van der Waals surface area contributed by atoms with Crippen LogP contribution in [0.1, 0.15) is 147 Å². The molecular formula is C78H102N4O8. The largest absolute Gasteiger partial charge is 0.494 e. The first-order valence-corrected chi connectivity index (χ1v) is 33.7. The van der Waals surface area contributed by atoms with Crippen molar-refractivity contribution in [2.45, 2.75) is 155 Å². The molecule has 0 unspecified atom stereocenters. The van der Waals surface area contributed by atoms with Crippen LogP contribution in [0.25, 0.3) is 0 Å². The van der Waals surface area contributed by atoms with Crippen molar-refractivity contribution in [3.05, 3.63) is 227 Å². The molecule has 7 heterocycles. The number of nitrogens with one attached hydrogen (secondary N) is 4. The number of hydrogen-bond acceptors (Lipinski definition) is 12. The average molecular weight is 1220 g/mol. The van der Waals surface area contributed by atoms with Gasteiger partial charge >= 0.3 is 0 Å². The van der Waals surface area contributed by atoms with E-state index in [1.165, 1.54) is 134 Å². The molecule has 90 heavy (non-hydrogen) atoms. The molecule has 7 aliphatic heterocycles. The molecule has 0 aliphatic carbocycles.